The van der Waals surface area contributed by atoms with Gasteiger partial charge in [0.15, 0.2) is 5.82 Å². The predicted molar refractivity (Wildman–Crippen MR) is 195 cm³/mol. The maximum absolute atomic E-state index is 6.76. The van der Waals surface area contributed by atoms with E-state index in [9.17, 15) is 0 Å². The molecule has 2 heterocycles. The minimum Gasteiger partial charge on any atom is -0.456 e. The maximum atomic E-state index is 6.76. The van der Waals surface area contributed by atoms with Crippen LogP contribution in [-0.4, -0.2) is 9.97 Å². The van der Waals surface area contributed by atoms with Gasteiger partial charge >= 0.3 is 0 Å². The van der Waals surface area contributed by atoms with Crippen LogP contribution in [0.1, 0.15) is 62.4 Å². The summed E-state index contributed by atoms with van der Waals surface area (Å²) in [5.74, 6) is 0.727. The lowest BCUT2D eigenvalue weighted by Crippen LogP contribution is -2.23. The summed E-state index contributed by atoms with van der Waals surface area (Å²) in [6.07, 6.45) is 9.88. The van der Waals surface area contributed by atoms with Crippen LogP contribution in [-0.2, 0) is 10.8 Å². The van der Waals surface area contributed by atoms with Crippen molar-refractivity contribution in [1.29, 1.82) is 0 Å². The van der Waals surface area contributed by atoms with Crippen LogP contribution >= 0.6 is 0 Å². The summed E-state index contributed by atoms with van der Waals surface area (Å²) in [4.78, 5) is 10.3. The van der Waals surface area contributed by atoms with Crippen LogP contribution in [0.25, 0.3) is 60.9 Å². The third-order valence-corrected chi connectivity index (χ3v) is 11.0. The third kappa shape index (κ3) is 4.05. The molecule has 0 N–H and O–H groups in total. The number of furan rings is 1. The van der Waals surface area contributed by atoms with Crippen LogP contribution in [0.15, 0.2) is 132 Å². The molecule has 47 heavy (non-hydrogen) atoms. The van der Waals surface area contributed by atoms with Crippen LogP contribution in [0.4, 0.5) is 0 Å². The van der Waals surface area contributed by atoms with E-state index in [1.807, 2.05) is 0 Å². The topological polar surface area (TPSA) is 38.9 Å². The Kier molecular flexibility index (Phi) is 6.17. The Morgan fingerprint density at radius 1 is 0.723 bits per heavy atom. The minimum absolute atomic E-state index is 0.0432. The van der Waals surface area contributed by atoms with Crippen molar-refractivity contribution < 1.29 is 4.42 Å². The van der Waals surface area contributed by atoms with Gasteiger partial charge in [0.05, 0.1) is 11.2 Å². The fraction of sp³-hybridized carbons (Fsp3) is 0.182. The van der Waals surface area contributed by atoms with Gasteiger partial charge in [-0.1, -0.05) is 118 Å². The SMILES string of the molecule is CCC1(CC)c2ccccc2-c2ccc3c(oc4ccc(-c5nc(C6=CCC(C)(c7ccccc7)C=C6)c6ccccc6n5)cc43)c21. The number of allylic oxidation sites excluding steroid dienone is 4. The highest BCUT2D eigenvalue weighted by atomic mass is 16.3. The van der Waals surface area contributed by atoms with E-state index in [0.29, 0.717) is 0 Å². The summed E-state index contributed by atoms with van der Waals surface area (Å²) in [5.41, 5.74) is 12.6. The number of nitrogens with zero attached hydrogens (tertiary/aromatic N) is 2. The highest BCUT2D eigenvalue weighted by Gasteiger charge is 2.43. The number of hydrogen-bond donors (Lipinski definition) is 0. The second-order valence-corrected chi connectivity index (χ2v) is 13.4. The van der Waals surface area contributed by atoms with E-state index < -0.39 is 0 Å². The first-order valence-corrected chi connectivity index (χ1v) is 16.8. The van der Waals surface area contributed by atoms with Crippen LogP contribution in [0.3, 0.4) is 0 Å². The predicted octanol–water partition coefficient (Wildman–Crippen LogP) is 11.6. The second kappa shape index (κ2) is 10.4. The molecule has 0 saturated carbocycles. The van der Waals surface area contributed by atoms with E-state index in [-0.39, 0.29) is 10.8 Å². The van der Waals surface area contributed by atoms with Gasteiger partial charge in [0.25, 0.3) is 0 Å². The molecule has 1 unspecified atom stereocenters. The molecule has 7 aromatic rings. The first-order valence-electron chi connectivity index (χ1n) is 16.8. The largest absolute Gasteiger partial charge is 0.456 e. The van der Waals surface area contributed by atoms with Gasteiger partial charge in [-0.15, -0.1) is 0 Å². The molecule has 0 fully saturated rings. The van der Waals surface area contributed by atoms with E-state index in [4.69, 9.17) is 14.4 Å². The lowest BCUT2D eigenvalue weighted by atomic mass is 9.73. The summed E-state index contributed by atoms with van der Waals surface area (Å²) in [5, 5.41) is 3.32. The Hall–Kier alpha value is -5.28. The summed E-state index contributed by atoms with van der Waals surface area (Å²) >= 11 is 0. The van der Waals surface area contributed by atoms with Crippen LogP contribution in [0, 0.1) is 0 Å². The van der Waals surface area contributed by atoms with Gasteiger partial charge in [-0.25, -0.2) is 9.97 Å². The van der Waals surface area contributed by atoms with Crippen molar-refractivity contribution in [2.45, 2.75) is 50.9 Å². The molecule has 2 aliphatic carbocycles. The monoisotopic (exact) mass is 608 g/mol. The molecule has 9 rings (SSSR count). The molecule has 0 spiro atoms. The molecular formula is C44H36N2O. The lowest BCUT2D eigenvalue weighted by molar-refractivity contribution is 0.486. The smallest absolute Gasteiger partial charge is 0.160 e. The molecule has 5 aromatic carbocycles. The first-order chi connectivity index (χ1) is 23.0. The number of aromatic nitrogens is 2. The zero-order chi connectivity index (χ0) is 31.8. The molecule has 0 radical (unpaired) electrons. The highest BCUT2D eigenvalue weighted by Crippen LogP contribution is 2.55. The van der Waals surface area contributed by atoms with Crippen molar-refractivity contribution in [2.24, 2.45) is 0 Å². The second-order valence-electron chi connectivity index (χ2n) is 13.4. The van der Waals surface area contributed by atoms with Crippen LogP contribution in [0.2, 0.25) is 0 Å². The van der Waals surface area contributed by atoms with Gasteiger partial charge in [-0.05, 0) is 77.4 Å². The fourth-order valence-corrected chi connectivity index (χ4v) is 8.30. The molecule has 0 amide bonds. The highest BCUT2D eigenvalue weighted by molar-refractivity contribution is 6.10. The summed E-state index contributed by atoms with van der Waals surface area (Å²) in [7, 11) is 0. The van der Waals surface area contributed by atoms with Gasteiger partial charge < -0.3 is 4.42 Å². The molecule has 228 valence electrons. The van der Waals surface area contributed by atoms with E-state index in [1.165, 1.54) is 27.8 Å². The number of rotatable bonds is 5. The van der Waals surface area contributed by atoms with E-state index in [0.717, 1.165) is 74.8 Å². The van der Waals surface area contributed by atoms with Gasteiger partial charge in [0.1, 0.15) is 11.2 Å². The normalized spacial score (nSPS) is 18.1. The fourth-order valence-electron chi connectivity index (χ4n) is 8.30. The van der Waals surface area contributed by atoms with Gasteiger partial charge in [0, 0.05) is 38.1 Å². The molecule has 3 nitrogen and oxygen atoms in total. The molecular weight excluding hydrogens is 572 g/mol. The number of para-hydroxylation sites is 1. The zero-order valence-electron chi connectivity index (χ0n) is 27.0. The molecule has 0 bridgehead atoms. The molecule has 0 saturated heterocycles. The Balaban J connectivity index is 1.18. The van der Waals surface area contributed by atoms with Gasteiger partial charge in [-0.2, -0.15) is 0 Å². The van der Waals surface area contributed by atoms with Crippen molar-refractivity contribution >= 4 is 38.4 Å². The van der Waals surface area contributed by atoms with Crippen molar-refractivity contribution in [3.8, 4) is 22.5 Å². The van der Waals surface area contributed by atoms with Gasteiger partial charge in [0.2, 0.25) is 0 Å². The van der Waals surface area contributed by atoms with Crippen LogP contribution in [0.5, 0.6) is 0 Å². The third-order valence-electron chi connectivity index (χ3n) is 11.0. The number of benzene rings is 5. The van der Waals surface area contributed by atoms with Crippen molar-refractivity contribution in [3.05, 3.63) is 150 Å². The molecule has 0 aliphatic heterocycles. The zero-order valence-corrected chi connectivity index (χ0v) is 27.0. The van der Waals surface area contributed by atoms with E-state index >= 15 is 0 Å². The maximum Gasteiger partial charge on any atom is 0.160 e. The molecule has 2 aliphatic rings. The quantitative estimate of drug-likeness (QED) is 0.195. The van der Waals surface area contributed by atoms with Gasteiger partial charge in [-0.3, -0.25) is 0 Å². The Morgan fingerprint density at radius 2 is 1.51 bits per heavy atom. The molecule has 1 atom stereocenters. The standard InChI is InChI=1S/C44H36N2O/c1-4-44(5-2)36-17-11-9-15-31(36)32-20-21-33-35-27-29(19-22-38(35)47-41(33)39(32)44)42-45-37-18-12-10-16-34(37)40(46-42)28-23-25-43(3,26-24-28)30-13-7-6-8-14-30/h6-25,27H,4-5,26H2,1-3H3. The Labute approximate surface area is 275 Å². The average Bonchev–Trinajstić information content (AvgIpc) is 3.65. The van der Waals surface area contributed by atoms with Crippen molar-refractivity contribution in [3.63, 3.8) is 0 Å². The summed E-state index contributed by atoms with van der Waals surface area (Å²) in [6.45, 7) is 6.92. The number of hydrogen-bond acceptors (Lipinski definition) is 3. The Morgan fingerprint density at radius 3 is 2.32 bits per heavy atom. The average molecular weight is 609 g/mol. The first kappa shape index (κ1) is 28.0. The van der Waals surface area contributed by atoms with E-state index in [2.05, 4.69) is 148 Å². The van der Waals surface area contributed by atoms with Crippen molar-refractivity contribution in [2.75, 3.05) is 0 Å². The molecule has 3 heteroatoms. The molecule has 2 aromatic heterocycles. The number of fused-ring (bicyclic) bond motifs is 8. The van der Waals surface area contributed by atoms with E-state index in [1.54, 1.807) is 0 Å². The lowest BCUT2D eigenvalue weighted by Gasteiger charge is -2.29. The van der Waals surface area contributed by atoms with Crippen LogP contribution < -0.4 is 0 Å². The minimum atomic E-state index is -0.0592. The van der Waals surface area contributed by atoms with Crippen molar-refractivity contribution in [1.82, 2.24) is 9.97 Å². The Bertz CT molecular complexity index is 2430. The summed E-state index contributed by atoms with van der Waals surface area (Å²) in [6, 6.07) is 39.0. The summed E-state index contributed by atoms with van der Waals surface area (Å²) < 4.78 is 6.76.